The molecule has 1 aromatic heterocycles. The Morgan fingerprint density at radius 3 is 2.24 bits per heavy atom. The molecule has 3 nitrogen and oxygen atoms in total. The first-order chi connectivity index (χ1) is 14.2. The quantitative estimate of drug-likeness (QED) is 0.303. The third-order valence-electron chi connectivity index (χ3n) is 5.46. The highest BCUT2D eigenvalue weighted by molar-refractivity contribution is 6.10. The van der Waals surface area contributed by atoms with Gasteiger partial charge in [-0.2, -0.15) is 0 Å². The van der Waals surface area contributed by atoms with Crippen LogP contribution in [0.25, 0.3) is 32.9 Å². The van der Waals surface area contributed by atoms with E-state index in [4.69, 9.17) is 11.1 Å². The molecule has 0 aliphatic carbocycles. The molecule has 0 saturated carbocycles. The summed E-state index contributed by atoms with van der Waals surface area (Å²) in [7, 11) is 0. The number of nitrogen functional groups attached to an aromatic ring is 1. The van der Waals surface area contributed by atoms with Gasteiger partial charge in [0, 0.05) is 33.9 Å². The molecule has 5 rings (SSSR count). The van der Waals surface area contributed by atoms with Gasteiger partial charge in [-0.15, -0.1) is 0 Å². The van der Waals surface area contributed by atoms with Crippen molar-refractivity contribution in [2.45, 2.75) is 6.54 Å². The van der Waals surface area contributed by atoms with Crippen molar-refractivity contribution in [1.82, 2.24) is 4.57 Å². The summed E-state index contributed by atoms with van der Waals surface area (Å²) < 4.78 is 2.35. The molecular formula is C26H21N3. The lowest BCUT2D eigenvalue weighted by Gasteiger charge is -2.10. The van der Waals surface area contributed by atoms with E-state index in [9.17, 15) is 0 Å². The van der Waals surface area contributed by atoms with Crippen molar-refractivity contribution in [3.63, 3.8) is 0 Å². The van der Waals surface area contributed by atoms with Crippen LogP contribution in [0.5, 0.6) is 0 Å². The number of para-hydroxylation sites is 1. The smallest absolute Gasteiger partial charge is 0.122 e. The first-order valence-electron chi connectivity index (χ1n) is 9.70. The molecule has 0 atom stereocenters. The summed E-state index contributed by atoms with van der Waals surface area (Å²) in [6.45, 7) is 0.782. The van der Waals surface area contributed by atoms with Crippen LogP contribution < -0.4 is 5.73 Å². The molecule has 0 spiro atoms. The van der Waals surface area contributed by atoms with Crippen molar-refractivity contribution < 1.29 is 0 Å². The summed E-state index contributed by atoms with van der Waals surface area (Å²) in [6.07, 6.45) is 0. The van der Waals surface area contributed by atoms with Gasteiger partial charge in [-0.1, -0.05) is 66.7 Å². The highest BCUT2D eigenvalue weighted by atomic mass is 15.0. The molecule has 0 aliphatic rings. The van der Waals surface area contributed by atoms with Crippen LogP contribution in [-0.2, 0) is 6.54 Å². The van der Waals surface area contributed by atoms with E-state index in [0.29, 0.717) is 0 Å². The second-order valence-corrected chi connectivity index (χ2v) is 7.32. The van der Waals surface area contributed by atoms with Crippen molar-refractivity contribution in [2.75, 3.05) is 0 Å². The number of hydrogen-bond donors (Lipinski definition) is 2. The van der Waals surface area contributed by atoms with Gasteiger partial charge in [0.25, 0.3) is 0 Å². The molecule has 4 aromatic carbocycles. The standard InChI is InChI=1S/C26H21N3/c27-26(28)21-13-14-25-23(16-21)22-11-4-5-12-24(22)29(25)17-18-7-6-10-20(15-18)19-8-2-1-3-9-19/h1-16H,17H2,(H3,27,28). The van der Waals surface area contributed by atoms with Gasteiger partial charge in [0.2, 0.25) is 0 Å². The van der Waals surface area contributed by atoms with Crippen LogP contribution in [0.3, 0.4) is 0 Å². The summed E-state index contributed by atoms with van der Waals surface area (Å²) >= 11 is 0. The van der Waals surface area contributed by atoms with Gasteiger partial charge in [0.1, 0.15) is 5.84 Å². The van der Waals surface area contributed by atoms with Gasteiger partial charge in [-0.05, 0) is 47.0 Å². The van der Waals surface area contributed by atoms with Gasteiger partial charge >= 0.3 is 0 Å². The van der Waals surface area contributed by atoms with Crippen LogP contribution in [0.1, 0.15) is 11.1 Å². The Morgan fingerprint density at radius 1 is 0.690 bits per heavy atom. The Balaban J connectivity index is 1.65. The summed E-state index contributed by atoms with van der Waals surface area (Å²) in [5, 5.41) is 10.1. The molecule has 3 N–H and O–H groups in total. The van der Waals surface area contributed by atoms with Crippen LogP contribution in [0.4, 0.5) is 0 Å². The second kappa shape index (κ2) is 6.95. The number of aromatic nitrogens is 1. The van der Waals surface area contributed by atoms with Crippen molar-refractivity contribution in [3.8, 4) is 11.1 Å². The Labute approximate surface area is 169 Å². The minimum atomic E-state index is 0.0966. The fourth-order valence-electron chi connectivity index (χ4n) is 4.05. The molecule has 5 aromatic rings. The SMILES string of the molecule is N=C(N)c1ccc2c(c1)c1ccccc1n2Cc1cccc(-c2ccccc2)c1. The van der Waals surface area contributed by atoms with Crippen LogP contribution in [-0.4, -0.2) is 10.4 Å². The minimum Gasteiger partial charge on any atom is -0.384 e. The van der Waals surface area contributed by atoms with Crippen LogP contribution in [0.2, 0.25) is 0 Å². The Hall–Kier alpha value is -3.85. The predicted molar refractivity (Wildman–Crippen MR) is 121 cm³/mol. The lowest BCUT2D eigenvalue weighted by molar-refractivity contribution is 0.869. The van der Waals surface area contributed by atoms with Crippen molar-refractivity contribution in [2.24, 2.45) is 5.73 Å². The zero-order valence-corrected chi connectivity index (χ0v) is 16.0. The molecule has 140 valence electrons. The molecule has 0 aliphatic heterocycles. The lowest BCUT2D eigenvalue weighted by atomic mass is 10.0. The molecule has 0 unspecified atom stereocenters. The fraction of sp³-hybridized carbons (Fsp3) is 0.0385. The number of fused-ring (bicyclic) bond motifs is 3. The Morgan fingerprint density at radius 2 is 1.41 bits per heavy atom. The van der Waals surface area contributed by atoms with Crippen LogP contribution in [0, 0.1) is 5.41 Å². The fourth-order valence-corrected chi connectivity index (χ4v) is 4.05. The van der Waals surface area contributed by atoms with Gasteiger partial charge < -0.3 is 10.3 Å². The monoisotopic (exact) mass is 375 g/mol. The first-order valence-corrected chi connectivity index (χ1v) is 9.70. The highest BCUT2D eigenvalue weighted by Gasteiger charge is 2.12. The van der Waals surface area contributed by atoms with Gasteiger partial charge in [-0.3, -0.25) is 5.41 Å². The van der Waals surface area contributed by atoms with Gasteiger partial charge in [-0.25, -0.2) is 0 Å². The summed E-state index contributed by atoms with van der Waals surface area (Å²) in [5.41, 5.74) is 12.5. The predicted octanol–water partition coefficient (Wildman–Crippen LogP) is 5.79. The lowest BCUT2D eigenvalue weighted by Crippen LogP contribution is -2.10. The van der Waals surface area contributed by atoms with Crippen molar-refractivity contribution in [3.05, 3.63) is 108 Å². The molecule has 29 heavy (non-hydrogen) atoms. The van der Waals surface area contributed by atoms with E-state index >= 15 is 0 Å². The maximum absolute atomic E-state index is 7.78. The normalized spacial score (nSPS) is 11.2. The molecule has 0 fully saturated rings. The van der Waals surface area contributed by atoms with Gasteiger partial charge in [0.05, 0.1) is 0 Å². The molecule has 0 amide bonds. The summed E-state index contributed by atoms with van der Waals surface area (Å²) in [5.74, 6) is 0.0966. The molecule has 1 heterocycles. The third-order valence-corrected chi connectivity index (χ3v) is 5.46. The zero-order chi connectivity index (χ0) is 19.8. The topological polar surface area (TPSA) is 54.8 Å². The summed E-state index contributed by atoms with van der Waals surface area (Å²) in [6, 6.07) is 33.6. The van der Waals surface area contributed by atoms with E-state index in [2.05, 4.69) is 83.4 Å². The number of hydrogen-bond acceptors (Lipinski definition) is 1. The molecule has 0 saturated heterocycles. The molecule has 0 radical (unpaired) electrons. The van der Waals surface area contributed by atoms with Crippen LogP contribution in [0.15, 0.2) is 97.1 Å². The number of nitrogens with zero attached hydrogens (tertiary/aromatic N) is 1. The van der Waals surface area contributed by atoms with Crippen molar-refractivity contribution in [1.29, 1.82) is 5.41 Å². The van der Waals surface area contributed by atoms with E-state index in [0.717, 1.165) is 23.0 Å². The zero-order valence-electron chi connectivity index (χ0n) is 16.0. The molecule has 0 bridgehead atoms. The average Bonchev–Trinajstić information content (AvgIpc) is 3.08. The van der Waals surface area contributed by atoms with E-state index in [1.54, 1.807) is 0 Å². The van der Waals surface area contributed by atoms with Crippen LogP contribution >= 0.6 is 0 Å². The average molecular weight is 375 g/mol. The maximum atomic E-state index is 7.78. The Bertz CT molecular complexity index is 1350. The number of rotatable bonds is 4. The largest absolute Gasteiger partial charge is 0.384 e. The number of benzene rings is 4. The molecular weight excluding hydrogens is 354 g/mol. The number of nitrogens with one attached hydrogen (secondary N) is 1. The van der Waals surface area contributed by atoms with E-state index in [-0.39, 0.29) is 5.84 Å². The maximum Gasteiger partial charge on any atom is 0.122 e. The number of amidine groups is 1. The minimum absolute atomic E-state index is 0.0966. The van der Waals surface area contributed by atoms with Gasteiger partial charge in [0.15, 0.2) is 0 Å². The second-order valence-electron chi connectivity index (χ2n) is 7.32. The number of nitrogens with two attached hydrogens (primary N) is 1. The van der Waals surface area contributed by atoms with Crippen molar-refractivity contribution >= 4 is 27.6 Å². The first kappa shape index (κ1) is 17.3. The summed E-state index contributed by atoms with van der Waals surface area (Å²) in [4.78, 5) is 0. The Kier molecular flexibility index (Phi) is 4.14. The highest BCUT2D eigenvalue weighted by Crippen LogP contribution is 2.31. The van der Waals surface area contributed by atoms with E-state index < -0.39 is 0 Å². The van der Waals surface area contributed by atoms with E-state index in [1.807, 2.05) is 18.2 Å². The third kappa shape index (κ3) is 3.07. The van der Waals surface area contributed by atoms with E-state index in [1.165, 1.54) is 27.6 Å². The molecule has 3 heteroatoms.